The third kappa shape index (κ3) is 6.96. The fourth-order valence-corrected chi connectivity index (χ4v) is 6.21. The Morgan fingerprint density at radius 2 is 1.41 bits per heavy atom. The average molecular weight is 686 g/mol. The van der Waals surface area contributed by atoms with Crippen LogP contribution < -0.4 is 14.4 Å². The number of hydrogen-bond acceptors (Lipinski definition) is 9. The van der Waals surface area contributed by atoms with E-state index in [0.717, 1.165) is 11.3 Å². The third-order valence-electron chi connectivity index (χ3n) is 7.50. The summed E-state index contributed by atoms with van der Waals surface area (Å²) in [5.41, 5.74) is 3.82. The molecule has 12 heteroatoms. The molecule has 242 valence electrons. The van der Waals surface area contributed by atoms with Crippen LogP contribution in [-0.4, -0.2) is 29.9 Å². The van der Waals surface area contributed by atoms with Crippen molar-refractivity contribution in [2.24, 2.45) is 4.99 Å². The summed E-state index contributed by atoms with van der Waals surface area (Å²) < 4.78 is 37.9. The zero-order valence-corrected chi connectivity index (χ0v) is 27.3. The predicted octanol–water partition coefficient (Wildman–Crippen LogP) is 7.54. The molecule has 49 heavy (non-hydrogen) atoms. The molecule has 0 bridgehead atoms. The lowest BCUT2D eigenvalue weighted by Crippen LogP contribution is -2.32. The first kappa shape index (κ1) is 31.5. The molecule has 1 aliphatic heterocycles. The summed E-state index contributed by atoms with van der Waals surface area (Å²) in [6, 6.07) is 40.6. The van der Waals surface area contributed by atoms with Crippen molar-refractivity contribution < 1.29 is 21.8 Å². The summed E-state index contributed by atoms with van der Waals surface area (Å²) in [4.78, 5) is 20.4. The first-order valence-corrected chi connectivity index (χ1v) is 16.9. The van der Waals surface area contributed by atoms with E-state index in [-0.39, 0.29) is 27.1 Å². The Morgan fingerprint density at radius 3 is 2.08 bits per heavy atom. The minimum Gasteiger partial charge on any atom is -0.409 e. The lowest BCUT2D eigenvalue weighted by atomic mass is 10.1. The number of hydrogen-bond donors (Lipinski definition) is 1. The number of amides is 1. The molecule has 1 N–H and O–H groups in total. The van der Waals surface area contributed by atoms with Crippen molar-refractivity contribution in [1.29, 1.82) is 0 Å². The lowest BCUT2D eigenvalue weighted by Gasteiger charge is -2.18. The van der Waals surface area contributed by atoms with Crippen LogP contribution in [0.25, 0.3) is 17.5 Å². The standard InChI is InChI=1S/C37H27N5O5S2/c43-36-33(24-26-16-22-31(23-17-26)47-49(44,45)32-14-8-3-9-15-32)39-34(27-10-4-1-5-11-27)42(36)30-20-18-28(19-21-30)35-40-41(37(48)46-35)25-38-29-12-6-2-7-13-29/h1-24,38H,25H2/b33-24-. The second-order valence-electron chi connectivity index (χ2n) is 10.8. The van der Waals surface area contributed by atoms with Crippen LogP contribution in [0.2, 0.25) is 0 Å². The zero-order valence-electron chi connectivity index (χ0n) is 25.7. The van der Waals surface area contributed by atoms with Crippen LogP contribution in [-0.2, 0) is 21.6 Å². The van der Waals surface area contributed by atoms with Gasteiger partial charge in [0.1, 0.15) is 28.8 Å². The van der Waals surface area contributed by atoms with Crippen LogP contribution in [0, 0.1) is 4.84 Å². The first-order valence-electron chi connectivity index (χ1n) is 15.1. The molecule has 0 aliphatic carbocycles. The lowest BCUT2D eigenvalue weighted by molar-refractivity contribution is -0.113. The topological polar surface area (TPSA) is 119 Å². The molecular weight excluding hydrogens is 659 g/mol. The van der Waals surface area contributed by atoms with E-state index in [2.05, 4.69) is 10.4 Å². The average Bonchev–Trinajstić information content (AvgIpc) is 3.67. The van der Waals surface area contributed by atoms with Gasteiger partial charge in [-0.15, -0.1) is 5.10 Å². The van der Waals surface area contributed by atoms with Crippen LogP contribution in [0.1, 0.15) is 11.1 Å². The van der Waals surface area contributed by atoms with Gasteiger partial charge < -0.3 is 13.9 Å². The van der Waals surface area contributed by atoms with Crippen LogP contribution in [0.15, 0.2) is 160 Å². The summed E-state index contributed by atoms with van der Waals surface area (Å²) in [7, 11) is -3.99. The Balaban J connectivity index is 1.12. The van der Waals surface area contributed by atoms with E-state index in [1.807, 2.05) is 72.8 Å². The van der Waals surface area contributed by atoms with Gasteiger partial charge >= 0.3 is 10.1 Å². The first-order chi connectivity index (χ1) is 23.8. The van der Waals surface area contributed by atoms with Crippen molar-refractivity contribution in [3.05, 3.63) is 161 Å². The quantitative estimate of drug-likeness (QED) is 0.0893. The van der Waals surface area contributed by atoms with E-state index < -0.39 is 10.1 Å². The Morgan fingerprint density at radius 1 is 0.776 bits per heavy atom. The normalized spacial score (nSPS) is 13.8. The second-order valence-corrected chi connectivity index (χ2v) is 12.7. The molecule has 1 aliphatic rings. The van der Waals surface area contributed by atoms with Gasteiger partial charge in [0.25, 0.3) is 10.7 Å². The Kier molecular flexibility index (Phi) is 8.71. The Labute approximate surface area is 287 Å². The van der Waals surface area contributed by atoms with Gasteiger partial charge in [0, 0.05) is 16.8 Å². The van der Waals surface area contributed by atoms with E-state index in [4.69, 9.17) is 25.8 Å². The highest BCUT2D eigenvalue weighted by molar-refractivity contribution is 7.87. The number of nitrogens with one attached hydrogen (secondary N) is 1. The van der Waals surface area contributed by atoms with E-state index in [1.165, 1.54) is 24.3 Å². The Hall–Kier alpha value is -6.11. The number of para-hydroxylation sites is 1. The molecule has 0 fully saturated rings. The maximum absolute atomic E-state index is 13.9. The van der Waals surface area contributed by atoms with Crippen molar-refractivity contribution in [2.75, 3.05) is 10.2 Å². The molecule has 1 aromatic heterocycles. The van der Waals surface area contributed by atoms with Gasteiger partial charge in [-0.2, -0.15) is 8.42 Å². The second kappa shape index (κ2) is 13.6. The van der Waals surface area contributed by atoms with Gasteiger partial charge in [0.15, 0.2) is 0 Å². The van der Waals surface area contributed by atoms with Crippen molar-refractivity contribution in [1.82, 2.24) is 9.78 Å². The molecule has 6 aromatic rings. The summed E-state index contributed by atoms with van der Waals surface area (Å²) in [5.74, 6) is 0.631. The fourth-order valence-electron chi connectivity index (χ4n) is 5.07. The molecular formula is C37H27N5O5S2. The highest BCUT2D eigenvalue weighted by atomic mass is 32.2. The van der Waals surface area contributed by atoms with Gasteiger partial charge in [0.2, 0.25) is 5.89 Å². The van der Waals surface area contributed by atoms with Crippen molar-refractivity contribution >= 4 is 51.5 Å². The van der Waals surface area contributed by atoms with E-state index in [1.54, 1.807) is 58.1 Å². The van der Waals surface area contributed by atoms with Gasteiger partial charge in [0.05, 0.1) is 5.69 Å². The van der Waals surface area contributed by atoms with E-state index in [0.29, 0.717) is 35.2 Å². The number of anilines is 2. The van der Waals surface area contributed by atoms with E-state index >= 15 is 0 Å². The van der Waals surface area contributed by atoms with Gasteiger partial charge in [-0.25, -0.2) is 9.67 Å². The molecule has 0 radical (unpaired) electrons. The number of nitrogens with zero attached hydrogens (tertiary/aromatic N) is 4. The molecule has 1 amide bonds. The number of benzene rings is 5. The number of aliphatic imine (C=N–C) groups is 1. The number of carbonyl (C=O) groups is 1. The molecule has 0 spiro atoms. The molecule has 5 aromatic carbocycles. The van der Waals surface area contributed by atoms with Crippen LogP contribution in [0.4, 0.5) is 11.4 Å². The summed E-state index contributed by atoms with van der Waals surface area (Å²) in [6.07, 6.45) is 1.65. The number of amidine groups is 1. The third-order valence-corrected chi connectivity index (χ3v) is 9.05. The van der Waals surface area contributed by atoms with Gasteiger partial charge in [-0.1, -0.05) is 78.9 Å². The summed E-state index contributed by atoms with van der Waals surface area (Å²) in [6.45, 7) is 0.335. The molecule has 2 heterocycles. The predicted molar refractivity (Wildman–Crippen MR) is 190 cm³/mol. The smallest absolute Gasteiger partial charge is 0.339 e. The molecule has 0 unspecified atom stereocenters. The molecule has 7 rings (SSSR count). The molecule has 10 nitrogen and oxygen atoms in total. The minimum atomic E-state index is -3.99. The molecule has 0 atom stereocenters. The minimum absolute atomic E-state index is 0.0546. The highest BCUT2D eigenvalue weighted by Gasteiger charge is 2.32. The number of rotatable bonds is 10. The van der Waals surface area contributed by atoms with Crippen molar-refractivity contribution in [3.63, 3.8) is 0 Å². The Bertz CT molecular complexity index is 2340. The summed E-state index contributed by atoms with van der Waals surface area (Å²) >= 11 is 5.39. The molecule has 0 saturated carbocycles. The van der Waals surface area contributed by atoms with Gasteiger partial charge in [-0.05, 0) is 84.5 Å². The maximum Gasteiger partial charge on any atom is 0.339 e. The number of carbonyl (C=O) groups excluding carboxylic acids is 1. The largest absolute Gasteiger partial charge is 0.409 e. The van der Waals surface area contributed by atoms with Crippen LogP contribution in [0.5, 0.6) is 5.75 Å². The fraction of sp³-hybridized carbons (Fsp3) is 0.0270. The number of aromatic nitrogens is 2. The monoisotopic (exact) mass is 685 g/mol. The van der Waals surface area contributed by atoms with E-state index in [9.17, 15) is 13.2 Å². The maximum atomic E-state index is 13.9. The summed E-state index contributed by atoms with van der Waals surface area (Å²) in [5, 5.41) is 7.79. The van der Waals surface area contributed by atoms with Crippen molar-refractivity contribution in [2.45, 2.75) is 11.6 Å². The highest BCUT2D eigenvalue weighted by Crippen LogP contribution is 2.30. The zero-order chi connectivity index (χ0) is 33.8. The van der Waals surface area contributed by atoms with Crippen LogP contribution >= 0.6 is 12.2 Å². The van der Waals surface area contributed by atoms with Gasteiger partial charge in [-0.3, -0.25) is 9.69 Å². The van der Waals surface area contributed by atoms with Crippen molar-refractivity contribution in [3.8, 4) is 17.2 Å². The molecule has 0 saturated heterocycles. The van der Waals surface area contributed by atoms with Crippen LogP contribution in [0.3, 0.4) is 0 Å². The SMILES string of the molecule is O=C1/C(=C/c2ccc(OS(=O)(=O)c3ccccc3)cc2)N=C(c2ccccc2)N1c1ccc(-c2nn(CNc3ccccc3)c(=S)o2)cc1.